The predicted molar refractivity (Wildman–Crippen MR) is 82.3 cm³/mol. The number of methoxy groups -OCH3 is 1. The monoisotopic (exact) mass is 319 g/mol. The molecule has 1 aliphatic rings. The molecule has 0 aromatic heterocycles. The van der Waals surface area contributed by atoms with E-state index >= 15 is 0 Å². The first-order valence-electron chi connectivity index (χ1n) is 6.99. The number of hydrogen-bond donors (Lipinski definition) is 0. The van der Waals surface area contributed by atoms with Gasteiger partial charge in [0.05, 0.1) is 25.0 Å². The van der Waals surface area contributed by atoms with Gasteiger partial charge in [0.25, 0.3) is 0 Å². The summed E-state index contributed by atoms with van der Waals surface area (Å²) in [4.78, 5) is 27.3. The van der Waals surface area contributed by atoms with Gasteiger partial charge < -0.3 is 19.0 Å². The molecule has 0 saturated heterocycles. The standard InChI is InChI=1S/C16H17NO6/c1-4-21-14-8-11(7-12-10(2)17-23-16(12)19)5-6-13(14)22-9-15(18)20-3/h5-8H,4,9H2,1-3H3/b12-7-. The van der Waals surface area contributed by atoms with Crippen LogP contribution in [-0.4, -0.2) is 38.0 Å². The zero-order chi connectivity index (χ0) is 16.8. The molecule has 7 nitrogen and oxygen atoms in total. The first kappa shape index (κ1) is 16.5. The van der Waals surface area contributed by atoms with Crippen molar-refractivity contribution in [1.29, 1.82) is 0 Å². The van der Waals surface area contributed by atoms with Crippen LogP contribution in [0.5, 0.6) is 11.5 Å². The summed E-state index contributed by atoms with van der Waals surface area (Å²) in [7, 11) is 1.29. The fourth-order valence-electron chi connectivity index (χ4n) is 1.88. The Bertz CT molecular complexity index is 677. The van der Waals surface area contributed by atoms with Gasteiger partial charge in [0.15, 0.2) is 18.1 Å². The van der Waals surface area contributed by atoms with E-state index in [1.165, 1.54) is 7.11 Å². The second-order valence-electron chi connectivity index (χ2n) is 4.62. The smallest absolute Gasteiger partial charge is 0.367 e. The van der Waals surface area contributed by atoms with E-state index in [1.807, 2.05) is 6.92 Å². The van der Waals surface area contributed by atoms with Crippen molar-refractivity contribution < 1.29 is 28.6 Å². The van der Waals surface area contributed by atoms with Crippen LogP contribution in [-0.2, 0) is 19.2 Å². The number of esters is 1. The van der Waals surface area contributed by atoms with Crippen molar-refractivity contribution in [2.75, 3.05) is 20.3 Å². The Hall–Kier alpha value is -2.83. The molecule has 0 aliphatic carbocycles. The highest BCUT2D eigenvalue weighted by Gasteiger charge is 2.22. The van der Waals surface area contributed by atoms with E-state index < -0.39 is 11.9 Å². The Morgan fingerprint density at radius 1 is 1.30 bits per heavy atom. The maximum atomic E-state index is 11.6. The van der Waals surface area contributed by atoms with E-state index in [-0.39, 0.29) is 6.61 Å². The summed E-state index contributed by atoms with van der Waals surface area (Å²) in [6, 6.07) is 5.11. The summed E-state index contributed by atoms with van der Waals surface area (Å²) < 4.78 is 15.4. The van der Waals surface area contributed by atoms with Crippen molar-refractivity contribution in [3.8, 4) is 11.5 Å². The zero-order valence-corrected chi connectivity index (χ0v) is 13.1. The number of hydrogen-bond acceptors (Lipinski definition) is 7. The SMILES string of the molecule is CCOc1cc(/C=C2\C(=O)ON=C2C)ccc1OCC(=O)OC. The van der Waals surface area contributed by atoms with E-state index in [4.69, 9.17) is 9.47 Å². The van der Waals surface area contributed by atoms with E-state index in [9.17, 15) is 9.59 Å². The van der Waals surface area contributed by atoms with Crippen molar-refractivity contribution in [3.63, 3.8) is 0 Å². The summed E-state index contributed by atoms with van der Waals surface area (Å²) in [6.45, 7) is 3.74. The number of carbonyl (C=O) groups is 2. The number of carbonyl (C=O) groups excluding carboxylic acids is 2. The van der Waals surface area contributed by atoms with Gasteiger partial charge >= 0.3 is 11.9 Å². The van der Waals surface area contributed by atoms with Gasteiger partial charge in [-0.1, -0.05) is 11.2 Å². The van der Waals surface area contributed by atoms with Crippen molar-refractivity contribution in [2.45, 2.75) is 13.8 Å². The second-order valence-corrected chi connectivity index (χ2v) is 4.62. The molecular weight excluding hydrogens is 302 g/mol. The van der Waals surface area contributed by atoms with Gasteiger partial charge in [0.2, 0.25) is 0 Å². The lowest BCUT2D eigenvalue weighted by Crippen LogP contribution is -2.13. The van der Waals surface area contributed by atoms with Crippen LogP contribution in [0.3, 0.4) is 0 Å². The van der Waals surface area contributed by atoms with Crippen molar-refractivity contribution in [1.82, 2.24) is 0 Å². The maximum Gasteiger partial charge on any atom is 0.367 e. The second kappa shape index (κ2) is 7.44. The Morgan fingerprint density at radius 3 is 2.70 bits per heavy atom. The molecule has 0 saturated carbocycles. The molecule has 0 amide bonds. The molecule has 1 aromatic carbocycles. The lowest BCUT2D eigenvalue weighted by atomic mass is 10.1. The molecular formula is C16H17NO6. The van der Waals surface area contributed by atoms with Gasteiger partial charge in [0.1, 0.15) is 0 Å². The molecule has 1 aliphatic heterocycles. The third-order valence-corrected chi connectivity index (χ3v) is 3.03. The Labute approximate surface area is 133 Å². The molecule has 1 aromatic rings. The van der Waals surface area contributed by atoms with Gasteiger partial charge in [0, 0.05) is 0 Å². The van der Waals surface area contributed by atoms with Gasteiger partial charge in [-0.2, -0.15) is 0 Å². The normalized spacial score (nSPS) is 15.2. The topological polar surface area (TPSA) is 83.4 Å². The molecule has 0 radical (unpaired) electrons. The molecule has 122 valence electrons. The lowest BCUT2D eigenvalue weighted by molar-refractivity contribution is -0.143. The predicted octanol–water partition coefficient (Wildman–Crippen LogP) is 1.95. The average Bonchev–Trinajstić information content (AvgIpc) is 2.86. The van der Waals surface area contributed by atoms with Crippen LogP contribution in [0.15, 0.2) is 28.9 Å². The summed E-state index contributed by atoms with van der Waals surface area (Å²) in [5.74, 6) is -0.101. The summed E-state index contributed by atoms with van der Waals surface area (Å²) >= 11 is 0. The van der Waals surface area contributed by atoms with Crippen LogP contribution in [0.2, 0.25) is 0 Å². The van der Waals surface area contributed by atoms with Crippen LogP contribution < -0.4 is 9.47 Å². The largest absolute Gasteiger partial charge is 0.490 e. The minimum absolute atomic E-state index is 0.213. The highest BCUT2D eigenvalue weighted by Crippen LogP contribution is 2.30. The summed E-state index contributed by atoms with van der Waals surface area (Å²) in [5.41, 5.74) is 1.62. The van der Waals surface area contributed by atoms with Crippen LogP contribution >= 0.6 is 0 Å². The minimum Gasteiger partial charge on any atom is -0.490 e. The molecule has 0 unspecified atom stereocenters. The van der Waals surface area contributed by atoms with Gasteiger partial charge in [-0.3, -0.25) is 0 Å². The molecule has 7 heteroatoms. The summed E-state index contributed by atoms with van der Waals surface area (Å²) in [5, 5.41) is 3.62. The molecule has 0 fully saturated rings. The zero-order valence-electron chi connectivity index (χ0n) is 13.1. The fraction of sp³-hybridized carbons (Fsp3) is 0.312. The molecule has 0 spiro atoms. The van der Waals surface area contributed by atoms with Crippen molar-refractivity contribution in [2.24, 2.45) is 5.16 Å². The van der Waals surface area contributed by atoms with Crippen LogP contribution in [0.1, 0.15) is 19.4 Å². The van der Waals surface area contributed by atoms with Gasteiger partial charge in [-0.05, 0) is 37.6 Å². The number of ether oxygens (including phenoxy) is 3. The highest BCUT2D eigenvalue weighted by atomic mass is 16.7. The van der Waals surface area contributed by atoms with Crippen molar-refractivity contribution >= 4 is 23.7 Å². The van der Waals surface area contributed by atoms with E-state index in [2.05, 4.69) is 14.7 Å². The molecule has 2 rings (SSSR count). The Balaban J connectivity index is 2.25. The Morgan fingerprint density at radius 2 is 2.09 bits per heavy atom. The molecule has 23 heavy (non-hydrogen) atoms. The third kappa shape index (κ3) is 4.09. The van der Waals surface area contributed by atoms with Gasteiger partial charge in [-0.15, -0.1) is 0 Å². The quantitative estimate of drug-likeness (QED) is 0.453. The highest BCUT2D eigenvalue weighted by molar-refractivity contribution is 6.24. The minimum atomic E-state index is -0.494. The summed E-state index contributed by atoms with van der Waals surface area (Å²) in [6.07, 6.45) is 1.65. The first-order valence-corrected chi connectivity index (χ1v) is 6.99. The number of nitrogens with zero attached hydrogens (tertiary/aromatic N) is 1. The fourth-order valence-corrected chi connectivity index (χ4v) is 1.88. The molecule has 0 N–H and O–H groups in total. The molecule has 0 bridgehead atoms. The maximum absolute atomic E-state index is 11.6. The van der Waals surface area contributed by atoms with E-state index in [0.29, 0.717) is 29.4 Å². The molecule has 0 atom stereocenters. The average molecular weight is 319 g/mol. The van der Waals surface area contributed by atoms with Crippen molar-refractivity contribution in [3.05, 3.63) is 29.3 Å². The third-order valence-electron chi connectivity index (χ3n) is 3.03. The van der Waals surface area contributed by atoms with Crippen LogP contribution in [0.25, 0.3) is 6.08 Å². The lowest BCUT2D eigenvalue weighted by Gasteiger charge is -2.12. The molecule has 1 heterocycles. The van der Waals surface area contributed by atoms with Crippen LogP contribution in [0.4, 0.5) is 0 Å². The van der Waals surface area contributed by atoms with Gasteiger partial charge in [-0.25, -0.2) is 9.59 Å². The van der Waals surface area contributed by atoms with E-state index in [0.717, 1.165) is 5.56 Å². The van der Waals surface area contributed by atoms with E-state index in [1.54, 1.807) is 31.2 Å². The first-order chi connectivity index (χ1) is 11.0. The van der Waals surface area contributed by atoms with Crippen LogP contribution in [0, 0.1) is 0 Å². The number of rotatable bonds is 6. The number of benzene rings is 1. The Kier molecular flexibility index (Phi) is 5.35. The number of oxime groups is 1.